The van der Waals surface area contributed by atoms with Gasteiger partial charge in [0.1, 0.15) is 17.2 Å². The third kappa shape index (κ3) is 4.24. The summed E-state index contributed by atoms with van der Waals surface area (Å²) in [6, 6.07) is 17.5. The molecule has 4 rings (SSSR count). The third-order valence-corrected chi connectivity index (χ3v) is 5.91. The molecule has 1 aliphatic rings. The predicted molar refractivity (Wildman–Crippen MR) is 118 cm³/mol. The highest BCUT2D eigenvalue weighted by Gasteiger charge is 2.41. The molecule has 0 spiro atoms. The number of nitrogens with two attached hydrogens (primary N) is 1. The van der Waals surface area contributed by atoms with Crippen LogP contribution in [-0.2, 0) is 0 Å². The fourth-order valence-corrected chi connectivity index (χ4v) is 4.17. The lowest BCUT2D eigenvalue weighted by atomic mass is 9.65. The van der Waals surface area contributed by atoms with Crippen LogP contribution in [0.3, 0.4) is 0 Å². The zero-order chi connectivity index (χ0) is 21.1. The van der Waals surface area contributed by atoms with Crippen LogP contribution in [0.25, 0.3) is 11.3 Å². The number of nitrogens with zero attached hydrogens (tertiary/aromatic N) is 2. The van der Waals surface area contributed by atoms with E-state index in [9.17, 15) is 4.79 Å². The average Bonchev–Trinajstić information content (AvgIpc) is 3.17. The van der Waals surface area contributed by atoms with Gasteiger partial charge in [-0.1, -0.05) is 25.1 Å². The van der Waals surface area contributed by atoms with Gasteiger partial charge in [-0.25, -0.2) is 0 Å². The Morgan fingerprint density at radius 3 is 2.47 bits per heavy atom. The van der Waals surface area contributed by atoms with E-state index in [1.807, 2.05) is 66.3 Å². The highest BCUT2D eigenvalue weighted by Crippen LogP contribution is 2.50. The topological polar surface area (TPSA) is 82.2 Å². The summed E-state index contributed by atoms with van der Waals surface area (Å²) in [5.41, 5.74) is 7.90. The van der Waals surface area contributed by atoms with Crippen LogP contribution in [0.4, 0.5) is 0 Å². The first-order chi connectivity index (χ1) is 14.5. The summed E-state index contributed by atoms with van der Waals surface area (Å²) < 4.78 is 7.77. The molecular formula is C24H28N4O2. The fourth-order valence-electron chi connectivity index (χ4n) is 4.17. The second-order valence-electron chi connectivity index (χ2n) is 8.40. The van der Waals surface area contributed by atoms with Crippen molar-refractivity contribution in [1.82, 2.24) is 15.1 Å². The minimum absolute atomic E-state index is 0.305. The molecule has 0 atom stereocenters. The first-order valence-electron chi connectivity index (χ1n) is 10.3. The van der Waals surface area contributed by atoms with Crippen LogP contribution in [0.5, 0.6) is 11.5 Å². The number of amides is 1. The molecule has 1 saturated carbocycles. The Morgan fingerprint density at radius 2 is 1.83 bits per heavy atom. The number of carbonyl (C=O) groups excluding carboxylic acids is 1. The lowest BCUT2D eigenvalue weighted by molar-refractivity contribution is 0.0657. The number of aromatic nitrogens is 2. The molecule has 0 bridgehead atoms. The van der Waals surface area contributed by atoms with Gasteiger partial charge >= 0.3 is 0 Å². The Labute approximate surface area is 177 Å². The molecule has 6 nitrogen and oxygen atoms in total. The highest BCUT2D eigenvalue weighted by molar-refractivity contribution is 5.98. The van der Waals surface area contributed by atoms with Gasteiger partial charge in [-0.3, -0.25) is 9.48 Å². The second-order valence-corrected chi connectivity index (χ2v) is 8.40. The second kappa shape index (κ2) is 8.32. The van der Waals surface area contributed by atoms with Crippen LogP contribution in [-0.4, -0.2) is 29.3 Å². The fraction of sp³-hybridized carbons (Fsp3) is 0.333. The maximum atomic E-state index is 12.1. The first-order valence-corrected chi connectivity index (χ1v) is 10.3. The number of ether oxygens (including phenoxy) is 1. The average molecular weight is 405 g/mol. The Kier molecular flexibility index (Phi) is 5.59. The van der Waals surface area contributed by atoms with Crippen molar-refractivity contribution < 1.29 is 9.53 Å². The first kappa shape index (κ1) is 20.2. The van der Waals surface area contributed by atoms with Crippen molar-refractivity contribution in [3.63, 3.8) is 0 Å². The van der Waals surface area contributed by atoms with Crippen molar-refractivity contribution in [1.29, 1.82) is 0 Å². The van der Waals surface area contributed by atoms with Crippen molar-refractivity contribution in [2.45, 2.75) is 32.2 Å². The van der Waals surface area contributed by atoms with Gasteiger partial charge in [0.15, 0.2) is 0 Å². The van der Waals surface area contributed by atoms with Gasteiger partial charge in [0.2, 0.25) is 0 Å². The molecule has 0 unspecified atom stereocenters. The lowest BCUT2D eigenvalue weighted by Crippen LogP contribution is -2.38. The third-order valence-electron chi connectivity index (χ3n) is 5.91. The summed E-state index contributed by atoms with van der Waals surface area (Å²) in [7, 11) is 1.98. The number of para-hydroxylation sites is 1. The number of hydrogen-bond acceptors (Lipinski definition) is 4. The number of nitrogens with one attached hydrogen (secondary N) is 1. The lowest BCUT2D eigenvalue weighted by Gasteiger charge is -2.45. The maximum absolute atomic E-state index is 12.1. The van der Waals surface area contributed by atoms with Crippen LogP contribution in [0.2, 0.25) is 0 Å². The molecule has 1 heterocycles. The molecule has 3 aromatic rings. The van der Waals surface area contributed by atoms with Crippen molar-refractivity contribution in [3.05, 3.63) is 66.4 Å². The van der Waals surface area contributed by atoms with E-state index in [1.165, 1.54) is 0 Å². The molecular weight excluding hydrogens is 376 g/mol. The molecule has 1 fully saturated rings. The summed E-state index contributed by atoms with van der Waals surface area (Å²) in [5.74, 6) is 1.04. The zero-order valence-corrected chi connectivity index (χ0v) is 17.5. The number of rotatable bonds is 8. The van der Waals surface area contributed by atoms with Gasteiger partial charge in [0.05, 0.1) is 11.6 Å². The minimum Gasteiger partial charge on any atom is -0.457 e. The molecule has 1 amide bonds. The van der Waals surface area contributed by atoms with Crippen LogP contribution >= 0.6 is 0 Å². The Bertz CT molecular complexity index is 1010. The summed E-state index contributed by atoms with van der Waals surface area (Å²) >= 11 is 0. The molecule has 3 N–H and O–H groups in total. The molecule has 0 saturated heterocycles. The van der Waals surface area contributed by atoms with Crippen LogP contribution < -0.4 is 15.8 Å². The quantitative estimate of drug-likeness (QED) is 0.583. The molecule has 0 radical (unpaired) electrons. The smallest absolute Gasteiger partial charge is 0.252 e. The van der Waals surface area contributed by atoms with Crippen molar-refractivity contribution >= 4 is 5.91 Å². The molecule has 1 aromatic heterocycles. The summed E-state index contributed by atoms with van der Waals surface area (Å²) in [6.45, 7) is 3.32. The van der Waals surface area contributed by atoms with E-state index < -0.39 is 5.91 Å². The van der Waals surface area contributed by atoms with E-state index in [0.717, 1.165) is 42.9 Å². The molecule has 1 aliphatic carbocycles. The number of carbonyl (C=O) groups is 1. The Balaban J connectivity index is 1.52. The Morgan fingerprint density at radius 1 is 1.17 bits per heavy atom. The van der Waals surface area contributed by atoms with Gasteiger partial charge in [-0.15, -0.1) is 0 Å². The van der Waals surface area contributed by atoms with Gasteiger partial charge in [-0.05, 0) is 74.7 Å². The molecule has 156 valence electrons. The van der Waals surface area contributed by atoms with Crippen molar-refractivity contribution in [2.24, 2.45) is 11.1 Å². The number of benzene rings is 2. The molecule has 0 aliphatic heterocycles. The summed E-state index contributed by atoms with van der Waals surface area (Å²) in [6.07, 6.45) is 5.05. The van der Waals surface area contributed by atoms with E-state index in [1.54, 1.807) is 6.20 Å². The predicted octanol–water partition coefficient (Wildman–Crippen LogP) is 4.39. The van der Waals surface area contributed by atoms with Crippen LogP contribution in [0, 0.1) is 5.41 Å². The molecule has 30 heavy (non-hydrogen) atoms. The van der Waals surface area contributed by atoms with E-state index in [4.69, 9.17) is 15.6 Å². The normalized spacial score (nSPS) is 20.5. The maximum Gasteiger partial charge on any atom is 0.252 e. The minimum atomic E-state index is -0.460. The monoisotopic (exact) mass is 404 g/mol. The van der Waals surface area contributed by atoms with E-state index >= 15 is 0 Å². The molecule has 2 aromatic carbocycles. The van der Waals surface area contributed by atoms with Gasteiger partial charge < -0.3 is 15.8 Å². The van der Waals surface area contributed by atoms with Gasteiger partial charge in [-0.2, -0.15) is 5.10 Å². The molecule has 6 heteroatoms. The van der Waals surface area contributed by atoms with Crippen LogP contribution in [0.15, 0.2) is 60.8 Å². The van der Waals surface area contributed by atoms with Gasteiger partial charge in [0.25, 0.3) is 5.91 Å². The van der Waals surface area contributed by atoms with E-state index in [-0.39, 0.29) is 0 Å². The SMILES string of the molecule is CNCCC1(C)CC(n2cc(C(N)=O)c(-c3ccc(Oc4ccccc4)cc3)n2)C1. The van der Waals surface area contributed by atoms with Gasteiger partial charge in [0, 0.05) is 11.8 Å². The van der Waals surface area contributed by atoms with E-state index in [2.05, 4.69) is 12.2 Å². The van der Waals surface area contributed by atoms with Crippen LogP contribution in [0.1, 0.15) is 42.6 Å². The highest BCUT2D eigenvalue weighted by atomic mass is 16.5. The standard InChI is InChI=1S/C24H28N4O2/c1-24(12-13-26-2)14-18(15-24)28-16-21(23(25)29)22(27-28)17-8-10-20(11-9-17)30-19-6-4-3-5-7-19/h3-11,16,18,26H,12-15H2,1-2H3,(H2,25,29). The van der Waals surface area contributed by atoms with E-state index in [0.29, 0.717) is 22.7 Å². The Hall–Kier alpha value is -3.12. The zero-order valence-electron chi connectivity index (χ0n) is 17.5. The number of primary amides is 1. The number of hydrogen-bond donors (Lipinski definition) is 2. The summed E-state index contributed by atoms with van der Waals surface area (Å²) in [5, 5.41) is 7.96. The van der Waals surface area contributed by atoms with Crippen molar-refractivity contribution in [2.75, 3.05) is 13.6 Å². The summed E-state index contributed by atoms with van der Waals surface area (Å²) in [4.78, 5) is 12.1. The largest absolute Gasteiger partial charge is 0.457 e. The van der Waals surface area contributed by atoms with Crippen molar-refractivity contribution in [3.8, 4) is 22.8 Å².